The minimum atomic E-state index is -4.22. The molecule has 0 aliphatic heterocycles. The van der Waals surface area contributed by atoms with Gasteiger partial charge in [-0.1, -0.05) is 67.4 Å². The number of nitrogens with one attached hydrogen (secondary N) is 1. The summed E-state index contributed by atoms with van der Waals surface area (Å²) in [6, 6.07) is 18.3. The maximum Gasteiger partial charge on any atom is 0.264 e. The lowest BCUT2D eigenvalue weighted by molar-refractivity contribution is -0.139. The van der Waals surface area contributed by atoms with Gasteiger partial charge in [0.25, 0.3) is 10.0 Å². The Hall–Kier alpha value is -3.27. The summed E-state index contributed by atoms with van der Waals surface area (Å²) in [4.78, 5) is 28.4. The Morgan fingerprint density at radius 3 is 2.17 bits per heavy atom. The van der Waals surface area contributed by atoms with Crippen molar-refractivity contribution in [2.24, 2.45) is 5.92 Å². The van der Waals surface area contributed by atoms with Gasteiger partial charge in [-0.05, 0) is 60.9 Å². The van der Waals surface area contributed by atoms with E-state index < -0.39 is 28.5 Å². The Labute approximate surface area is 245 Å². The van der Waals surface area contributed by atoms with E-state index >= 15 is 0 Å². The lowest BCUT2D eigenvalue weighted by atomic mass is 10.1. The first-order valence-corrected chi connectivity index (χ1v) is 14.9. The fraction of sp³-hybridized carbons (Fsp3) is 0.310. The number of methoxy groups -OCH3 is 1. The number of rotatable bonds is 12. The number of halogens is 2. The Bertz CT molecular complexity index is 1410. The van der Waals surface area contributed by atoms with Crippen molar-refractivity contribution in [3.05, 3.63) is 88.4 Å². The predicted octanol–water partition coefficient (Wildman–Crippen LogP) is 5.39. The van der Waals surface area contributed by atoms with Crippen LogP contribution in [0.2, 0.25) is 10.0 Å². The van der Waals surface area contributed by atoms with E-state index in [9.17, 15) is 18.0 Å². The molecule has 0 radical (unpaired) electrons. The zero-order valence-electron chi connectivity index (χ0n) is 22.8. The summed E-state index contributed by atoms with van der Waals surface area (Å²) in [5.74, 6) is -0.153. The summed E-state index contributed by atoms with van der Waals surface area (Å²) in [5.41, 5.74) is 0.826. The van der Waals surface area contributed by atoms with Gasteiger partial charge in [0.1, 0.15) is 18.3 Å². The van der Waals surface area contributed by atoms with Crippen LogP contribution in [-0.4, -0.2) is 51.4 Å². The molecule has 1 N–H and O–H groups in total. The van der Waals surface area contributed by atoms with Gasteiger partial charge in [-0.15, -0.1) is 0 Å². The molecule has 8 nitrogen and oxygen atoms in total. The standard InChI is InChI=1S/C29H33Cl2N3O5S/c1-20(2)17-32-29(36)21(3)33(18-22-9-8-10-26(13-22)39-4)28(35)19-34(25-15-23(30)14-24(31)16-25)40(37,38)27-11-6-5-7-12-27/h5-16,20-21H,17-19H2,1-4H3,(H,32,36)/t21-/m0/s1. The first-order valence-electron chi connectivity index (χ1n) is 12.7. The van der Waals surface area contributed by atoms with E-state index in [-0.39, 0.29) is 39.0 Å². The molecule has 0 saturated carbocycles. The Kier molecular flexibility index (Phi) is 10.8. The molecule has 0 unspecified atom stereocenters. The number of carbonyl (C=O) groups excluding carboxylic acids is 2. The van der Waals surface area contributed by atoms with Gasteiger partial charge in [0.15, 0.2) is 0 Å². The fourth-order valence-corrected chi connectivity index (χ4v) is 5.87. The van der Waals surface area contributed by atoms with Gasteiger partial charge in [0.05, 0.1) is 17.7 Å². The second-order valence-electron chi connectivity index (χ2n) is 9.64. The highest BCUT2D eigenvalue weighted by molar-refractivity contribution is 7.92. The Morgan fingerprint density at radius 1 is 0.925 bits per heavy atom. The maximum absolute atomic E-state index is 14.0. The lowest BCUT2D eigenvalue weighted by Gasteiger charge is -2.32. The molecule has 0 bridgehead atoms. The van der Waals surface area contributed by atoms with Crippen LogP contribution in [0.15, 0.2) is 77.7 Å². The van der Waals surface area contributed by atoms with Crippen molar-refractivity contribution in [3.63, 3.8) is 0 Å². The second-order valence-corrected chi connectivity index (χ2v) is 12.4. The van der Waals surface area contributed by atoms with Gasteiger partial charge < -0.3 is 15.0 Å². The lowest BCUT2D eigenvalue weighted by Crippen LogP contribution is -2.51. The second kappa shape index (κ2) is 13.9. The van der Waals surface area contributed by atoms with Gasteiger partial charge in [-0.25, -0.2) is 8.42 Å². The van der Waals surface area contributed by atoms with Crippen molar-refractivity contribution >= 4 is 50.7 Å². The third-order valence-corrected chi connectivity index (χ3v) is 8.31. The van der Waals surface area contributed by atoms with E-state index in [4.69, 9.17) is 27.9 Å². The third-order valence-electron chi connectivity index (χ3n) is 6.08. The molecule has 1 atom stereocenters. The molecule has 0 fully saturated rings. The normalized spacial score (nSPS) is 12.1. The number of hydrogen-bond donors (Lipinski definition) is 1. The summed E-state index contributed by atoms with van der Waals surface area (Å²) in [6.07, 6.45) is 0. The van der Waals surface area contributed by atoms with E-state index in [1.54, 1.807) is 49.4 Å². The van der Waals surface area contributed by atoms with Crippen LogP contribution in [0.3, 0.4) is 0 Å². The first-order chi connectivity index (χ1) is 18.9. The fourth-order valence-electron chi connectivity index (χ4n) is 3.93. The van der Waals surface area contributed by atoms with Gasteiger partial charge in [-0.3, -0.25) is 13.9 Å². The molecule has 0 aromatic heterocycles. The number of ether oxygens (including phenoxy) is 1. The molecule has 0 heterocycles. The molecule has 40 heavy (non-hydrogen) atoms. The molecule has 3 aromatic carbocycles. The van der Waals surface area contributed by atoms with E-state index in [0.717, 1.165) is 4.31 Å². The molecule has 0 aliphatic rings. The minimum Gasteiger partial charge on any atom is -0.497 e. The van der Waals surface area contributed by atoms with Crippen molar-refractivity contribution in [1.29, 1.82) is 0 Å². The SMILES string of the molecule is COc1cccc(CN(C(=O)CN(c2cc(Cl)cc(Cl)c2)S(=O)(=O)c2ccccc2)[C@@H](C)C(=O)NCC(C)C)c1. The maximum atomic E-state index is 14.0. The molecule has 0 spiro atoms. The summed E-state index contributed by atoms with van der Waals surface area (Å²) in [6.45, 7) is 5.42. The number of carbonyl (C=O) groups is 2. The number of benzene rings is 3. The van der Waals surface area contributed by atoms with Crippen molar-refractivity contribution in [3.8, 4) is 5.75 Å². The van der Waals surface area contributed by atoms with Gasteiger partial charge >= 0.3 is 0 Å². The summed E-state index contributed by atoms with van der Waals surface area (Å²) < 4.78 is 33.9. The van der Waals surface area contributed by atoms with Crippen LogP contribution in [0.5, 0.6) is 5.75 Å². The summed E-state index contributed by atoms with van der Waals surface area (Å²) in [5, 5.41) is 3.27. The zero-order chi connectivity index (χ0) is 29.4. The molecule has 2 amide bonds. The van der Waals surface area contributed by atoms with Gasteiger partial charge in [0, 0.05) is 23.1 Å². The van der Waals surface area contributed by atoms with Crippen molar-refractivity contribution < 1.29 is 22.7 Å². The largest absolute Gasteiger partial charge is 0.497 e. The van der Waals surface area contributed by atoms with Crippen LogP contribution in [0.1, 0.15) is 26.3 Å². The number of hydrogen-bond acceptors (Lipinski definition) is 5. The van der Waals surface area contributed by atoms with E-state index in [2.05, 4.69) is 5.32 Å². The molecular weight excluding hydrogens is 573 g/mol. The van der Waals surface area contributed by atoms with Crippen LogP contribution in [0, 0.1) is 5.92 Å². The number of sulfonamides is 1. The van der Waals surface area contributed by atoms with Crippen molar-refractivity contribution in [2.75, 3.05) is 24.5 Å². The van der Waals surface area contributed by atoms with E-state index in [1.165, 1.54) is 42.3 Å². The highest BCUT2D eigenvalue weighted by atomic mass is 35.5. The van der Waals surface area contributed by atoms with E-state index in [1.807, 2.05) is 13.8 Å². The highest BCUT2D eigenvalue weighted by Crippen LogP contribution is 2.30. The monoisotopic (exact) mass is 605 g/mol. The van der Waals surface area contributed by atoms with Crippen LogP contribution < -0.4 is 14.4 Å². The zero-order valence-corrected chi connectivity index (χ0v) is 25.1. The van der Waals surface area contributed by atoms with Gasteiger partial charge in [0.2, 0.25) is 11.8 Å². The number of nitrogens with zero attached hydrogens (tertiary/aromatic N) is 2. The molecule has 3 rings (SSSR count). The Balaban J connectivity index is 2.04. The topological polar surface area (TPSA) is 96.0 Å². The predicted molar refractivity (Wildman–Crippen MR) is 158 cm³/mol. The van der Waals surface area contributed by atoms with E-state index in [0.29, 0.717) is 17.9 Å². The molecule has 214 valence electrons. The van der Waals surface area contributed by atoms with Crippen LogP contribution in [0.25, 0.3) is 0 Å². The highest BCUT2D eigenvalue weighted by Gasteiger charge is 2.32. The third kappa shape index (κ3) is 8.13. The molecule has 11 heteroatoms. The summed E-state index contributed by atoms with van der Waals surface area (Å²) >= 11 is 12.4. The average Bonchev–Trinajstić information content (AvgIpc) is 2.92. The molecular formula is C29H33Cl2N3O5S. The van der Waals surface area contributed by atoms with Crippen LogP contribution >= 0.6 is 23.2 Å². The first kappa shape index (κ1) is 31.3. The molecule has 0 aliphatic carbocycles. The van der Waals surface area contributed by atoms with Crippen molar-refractivity contribution in [2.45, 2.75) is 38.3 Å². The quantitative estimate of drug-likeness (QED) is 0.299. The Morgan fingerprint density at radius 2 is 1.57 bits per heavy atom. The summed E-state index contributed by atoms with van der Waals surface area (Å²) in [7, 11) is -2.68. The molecule has 0 saturated heterocycles. The van der Waals surface area contributed by atoms with Crippen molar-refractivity contribution in [1.82, 2.24) is 10.2 Å². The number of anilines is 1. The smallest absolute Gasteiger partial charge is 0.264 e. The minimum absolute atomic E-state index is 0.0130. The molecule has 3 aromatic rings. The average molecular weight is 607 g/mol. The van der Waals surface area contributed by atoms with Gasteiger partial charge in [-0.2, -0.15) is 0 Å². The van der Waals surface area contributed by atoms with Crippen LogP contribution in [0.4, 0.5) is 5.69 Å². The van der Waals surface area contributed by atoms with Crippen LogP contribution in [-0.2, 0) is 26.2 Å². The number of amides is 2.